The Morgan fingerprint density at radius 3 is 0.783 bits per heavy atom. The van der Waals surface area contributed by atoms with Gasteiger partial charge in [-0.25, -0.2) is 0 Å². The molecule has 0 spiro atoms. The highest BCUT2D eigenvalue weighted by atomic mass is 31.1. The monoisotopic (exact) mass is 326 g/mol. The second kappa shape index (κ2) is 11.6. The minimum Gasteiger partial charge on any atom is -0.0776 e. The highest BCUT2D eigenvalue weighted by Crippen LogP contribution is 2.32. The predicted octanol–water partition coefficient (Wildman–Crippen LogP) is 5.99. The Labute approximate surface area is 145 Å². The zero-order valence-electron chi connectivity index (χ0n) is 10.6. The van der Waals surface area contributed by atoms with Crippen LogP contribution in [0.15, 0.2) is 91.0 Å². The first-order valence-corrected chi connectivity index (χ1v) is 7.74. The lowest BCUT2D eigenvalue weighted by Gasteiger charge is -2.18. The fraction of sp³-hybridized carbons (Fsp3) is 0.182. The predicted molar refractivity (Wildman–Crippen MR) is 112 cm³/mol. The highest BCUT2D eigenvalue weighted by Gasteiger charge is 2.14. The van der Waals surface area contributed by atoms with Crippen LogP contribution in [0.25, 0.3) is 0 Å². The average molecular weight is 326 g/mol. The molecular weight excluding hydrogens is 295 g/mol. The average Bonchev–Trinajstić information content (AvgIpc) is 2.51. The van der Waals surface area contributed by atoms with Crippen molar-refractivity contribution < 1.29 is 0 Å². The van der Waals surface area contributed by atoms with Gasteiger partial charge in [0.25, 0.3) is 0 Å². The standard InChI is InChI=1S/C18H15P.4CH4/c1-4-10-16(11-5-1)19(17-12-6-2-7-13-17)18-14-8-3-9-15-18;;;;/h1-15H;4*1H4. The molecule has 0 aromatic heterocycles. The van der Waals surface area contributed by atoms with Crippen LogP contribution in [0.4, 0.5) is 0 Å². The SMILES string of the molecule is C.C.C.C.c1ccc(P(c2ccccc2)c2ccccc2)cc1. The van der Waals surface area contributed by atoms with Crippen molar-refractivity contribution in [2.75, 3.05) is 0 Å². The summed E-state index contributed by atoms with van der Waals surface area (Å²) in [6, 6.07) is 32.3. The van der Waals surface area contributed by atoms with Gasteiger partial charge in [-0.15, -0.1) is 0 Å². The van der Waals surface area contributed by atoms with E-state index in [1.165, 1.54) is 15.9 Å². The van der Waals surface area contributed by atoms with E-state index in [1.807, 2.05) is 0 Å². The molecule has 0 fully saturated rings. The molecular formula is C22H31P. The van der Waals surface area contributed by atoms with Gasteiger partial charge in [0, 0.05) is 0 Å². The molecule has 0 bridgehead atoms. The molecule has 124 valence electrons. The Hall–Kier alpha value is -1.91. The van der Waals surface area contributed by atoms with E-state index in [4.69, 9.17) is 0 Å². The largest absolute Gasteiger partial charge is 0.0776 e. The smallest absolute Gasteiger partial charge is 0.0134 e. The Morgan fingerprint density at radius 2 is 0.565 bits per heavy atom. The molecule has 23 heavy (non-hydrogen) atoms. The molecule has 0 atom stereocenters. The summed E-state index contributed by atoms with van der Waals surface area (Å²) >= 11 is 0. The summed E-state index contributed by atoms with van der Waals surface area (Å²) in [5, 5.41) is 4.19. The van der Waals surface area contributed by atoms with Crippen molar-refractivity contribution in [1.29, 1.82) is 0 Å². The highest BCUT2D eigenvalue weighted by molar-refractivity contribution is 7.79. The maximum absolute atomic E-state index is 2.23. The van der Waals surface area contributed by atoms with E-state index in [2.05, 4.69) is 91.0 Å². The van der Waals surface area contributed by atoms with Crippen LogP contribution in [0.3, 0.4) is 0 Å². The number of hydrogen-bond donors (Lipinski definition) is 0. The minimum absolute atomic E-state index is 0. The summed E-state index contributed by atoms with van der Waals surface area (Å²) in [6.07, 6.45) is 0. The van der Waals surface area contributed by atoms with Gasteiger partial charge in [0.15, 0.2) is 0 Å². The molecule has 3 rings (SSSR count). The molecule has 0 heterocycles. The summed E-state index contributed by atoms with van der Waals surface area (Å²) in [5.41, 5.74) is 0. The van der Waals surface area contributed by atoms with Crippen LogP contribution < -0.4 is 15.9 Å². The van der Waals surface area contributed by atoms with Crippen LogP contribution in [-0.4, -0.2) is 0 Å². The second-order valence-corrected chi connectivity index (χ2v) is 6.56. The zero-order chi connectivity index (χ0) is 12.9. The summed E-state index contributed by atoms with van der Waals surface area (Å²) in [4.78, 5) is 0. The van der Waals surface area contributed by atoms with E-state index in [9.17, 15) is 0 Å². The minimum atomic E-state index is -0.446. The third kappa shape index (κ3) is 5.66. The van der Waals surface area contributed by atoms with E-state index in [0.717, 1.165) is 0 Å². The molecule has 0 saturated heterocycles. The Morgan fingerprint density at radius 1 is 0.348 bits per heavy atom. The van der Waals surface area contributed by atoms with E-state index >= 15 is 0 Å². The van der Waals surface area contributed by atoms with Crippen LogP contribution in [0, 0.1) is 0 Å². The number of rotatable bonds is 3. The lowest BCUT2D eigenvalue weighted by atomic mass is 10.4. The Bertz CT molecular complexity index is 524. The summed E-state index contributed by atoms with van der Waals surface area (Å²) < 4.78 is 0. The first kappa shape index (κ1) is 23.4. The molecule has 0 amide bonds. The first-order chi connectivity index (χ1) is 9.45. The van der Waals surface area contributed by atoms with Gasteiger partial charge in [-0.05, 0) is 23.8 Å². The third-order valence-electron chi connectivity index (χ3n) is 3.04. The summed E-state index contributed by atoms with van der Waals surface area (Å²) in [6.45, 7) is 0. The summed E-state index contributed by atoms with van der Waals surface area (Å²) in [7, 11) is -0.446. The quantitative estimate of drug-likeness (QED) is 0.519. The normalized spacial score (nSPS) is 8.74. The maximum atomic E-state index is 2.23. The summed E-state index contributed by atoms with van der Waals surface area (Å²) in [5.74, 6) is 0. The topological polar surface area (TPSA) is 0 Å². The molecule has 0 saturated carbocycles. The van der Waals surface area contributed by atoms with Gasteiger partial charge in [-0.2, -0.15) is 0 Å². The van der Waals surface area contributed by atoms with Gasteiger partial charge in [0.05, 0.1) is 0 Å². The third-order valence-corrected chi connectivity index (χ3v) is 5.49. The molecule has 3 aromatic carbocycles. The molecule has 0 unspecified atom stereocenters. The van der Waals surface area contributed by atoms with Crippen molar-refractivity contribution in [2.24, 2.45) is 0 Å². The van der Waals surface area contributed by atoms with Crippen LogP contribution in [0.1, 0.15) is 29.7 Å². The molecule has 0 nitrogen and oxygen atoms in total. The lowest BCUT2D eigenvalue weighted by molar-refractivity contribution is 1.74. The maximum Gasteiger partial charge on any atom is -0.0134 e. The van der Waals surface area contributed by atoms with Gasteiger partial charge in [0.1, 0.15) is 0 Å². The van der Waals surface area contributed by atoms with Crippen molar-refractivity contribution in [3.8, 4) is 0 Å². The Balaban J connectivity index is 0. The van der Waals surface area contributed by atoms with Gasteiger partial charge in [-0.1, -0.05) is 121 Å². The van der Waals surface area contributed by atoms with Crippen LogP contribution in [-0.2, 0) is 0 Å². The molecule has 1 heteroatoms. The second-order valence-electron chi connectivity index (χ2n) is 4.34. The fourth-order valence-electron chi connectivity index (χ4n) is 2.18. The van der Waals surface area contributed by atoms with Crippen molar-refractivity contribution in [2.45, 2.75) is 29.7 Å². The van der Waals surface area contributed by atoms with Gasteiger partial charge in [-0.3, -0.25) is 0 Å². The van der Waals surface area contributed by atoms with E-state index < -0.39 is 7.92 Å². The lowest BCUT2D eigenvalue weighted by Crippen LogP contribution is -2.20. The number of benzene rings is 3. The van der Waals surface area contributed by atoms with Crippen LogP contribution in [0.2, 0.25) is 0 Å². The van der Waals surface area contributed by atoms with Gasteiger partial charge >= 0.3 is 0 Å². The van der Waals surface area contributed by atoms with E-state index in [1.54, 1.807) is 0 Å². The van der Waals surface area contributed by atoms with Gasteiger partial charge in [0.2, 0.25) is 0 Å². The molecule has 3 aromatic rings. The van der Waals surface area contributed by atoms with Crippen LogP contribution in [0.5, 0.6) is 0 Å². The van der Waals surface area contributed by atoms with Crippen molar-refractivity contribution in [3.05, 3.63) is 91.0 Å². The first-order valence-electron chi connectivity index (χ1n) is 6.40. The van der Waals surface area contributed by atoms with E-state index in [0.29, 0.717) is 0 Å². The fourth-order valence-corrected chi connectivity index (χ4v) is 4.48. The Kier molecular flexibility index (Phi) is 11.8. The molecule has 0 N–H and O–H groups in total. The van der Waals surface area contributed by atoms with Crippen molar-refractivity contribution in [3.63, 3.8) is 0 Å². The molecule has 0 aliphatic rings. The van der Waals surface area contributed by atoms with E-state index in [-0.39, 0.29) is 29.7 Å². The van der Waals surface area contributed by atoms with Gasteiger partial charge < -0.3 is 0 Å². The molecule has 0 radical (unpaired) electrons. The van der Waals surface area contributed by atoms with Crippen molar-refractivity contribution in [1.82, 2.24) is 0 Å². The molecule has 0 aliphatic heterocycles. The zero-order valence-corrected chi connectivity index (χ0v) is 11.5. The van der Waals surface area contributed by atoms with Crippen LogP contribution >= 0.6 is 7.92 Å². The number of hydrogen-bond acceptors (Lipinski definition) is 0. The molecule has 0 aliphatic carbocycles. The van der Waals surface area contributed by atoms with Crippen molar-refractivity contribution >= 4 is 23.8 Å².